The fourth-order valence-electron chi connectivity index (χ4n) is 2.68. The molecule has 4 heteroatoms. The van der Waals surface area contributed by atoms with E-state index in [-0.39, 0.29) is 0 Å². The lowest BCUT2D eigenvalue weighted by molar-refractivity contribution is 0.248. The van der Waals surface area contributed by atoms with Gasteiger partial charge in [-0.25, -0.2) is 0 Å². The quantitative estimate of drug-likeness (QED) is 0.908. The predicted molar refractivity (Wildman–Crippen MR) is 87.9 cm³/mol. The standard InChI is InChI=1S/C16H24Cl2N2/c1-12(2)16-11-20(8-3-7-19-16)9-6-13-4-5-14(17)10-15(13)18/h4-5,10,12,16,19H,3,6-9,11H2,1-2H3. The molecule has 1 aliphatic heterocycles. The molecule has 1 aromatic carbocycles. The average Bonchev–Trinajstić information content (AvgIpc) is 2.63. The molecule has 0 spiro atoms. The van der Waals surface area contributed by atoms with Crippen molar-refractivity contribution in [1.29, 1.82) is 0 Å². The number of rotatable bonds is 4. The van der Waals surface area contributed by atoms with Gasteiger partial charge in [0.05, 0.1) is 0 Å². The van der Waals surface area contributed by atoms with Crippen LogP contribution in [0.15, 0.2) is 18.2 Å². The van der Waals surface area contributed by atoms with Crippen molar-refractivity contribution in [2.45, 2.75) is 32.7 Å². The third-order valence-electron chi connectivity index (χ3n) is 4.03. The Kier molecular flexibility index (Phi) is 6.16. The lowest BCUT2D eigenvalue weighted by Crippen LogP contribution is -2.41. The molecule has 0 aliphatic carbocycles. The number of hydrogen-bond donors (Lipinski definition) is 1. The molecule has 0 saturated carbocycles. The molecule has 0 aromatic heterocycles. The number of nitrogens with one attached hydrogen (secondary N) is 1. The van der Waals surface area contributed by atoms with Gasteiger partial charge in [-0.15, -0.1) is 0 Å². The molecule has 1 atom stereocenters. The van der Waals surface area contributed by atoms with Crippen LogP contribution in [0.1, 0.15) is 25.8 Å². The third kappa shape index (κ3) is 4.63. The lowest BCUT2D eigenvalue weighted by Gasteiger charge is -2.26. The molecule has 1 aliphatic rings. The first-order valence-corrected chi connectivity index (χ1v) is 8.21. The molecule has 1 unspecified atom stereocenters. The molecule has 1 aromatic rings. The number of nitrogens with zero attached hydrogens (tertiary/aromatic N) is 1. The summed E-state index contributed by atoms with van der Waals surface area (Å²) < 4.78 is 0. The molecule has 0 bridgehead atoms. The van der Waals surface area contributed by atoms with Crippen LogP contribution in [0, 0.1) is 5.92 Å². The van der Waals surface area contributed by atoms with E-state index in [0.29, 0.717) is 17.0 Å². The van der Waals surface area contributed by atoms with E-state index in [9.17, 15) is 0 Å². The number of hydrogen-bond acceptors (Lipinski definition) is 2. The highest BCUT2D eigenvalue weighted by molar-refractivity contribution is 6.35. The first-order valence-electron chi connectivity index (χ1n) is 7.46. The summed E-state index contributed by atoms with van der Waals surface area (Å²) in [5, 5.41) is 5.13. The van der Waals surface area contributed by atoms with Gasteiger partial charge in [0.25, 0.3) is 0 Å². The van der Waals surface area contributed by atoms with E-state index in [0.717, 1.165) is 31.1 Å². The summed E-state index contributed by atoms with van der Waals surface area (Å²) >= 11 is 12.2. The van der Waals surface area contributed by atoms with E-state index in [1.54, 1.807) is 0 Å². The van der Waals surface area contributed by atoms with Gasteiger partial charge in [0, 0.05) is 29.2 Å². The van der Waals surface area contributed by atoms with Gasteiger partial charge in [-0.3, -0.25) is 0 Å². The average molecular weight is 315 g/mol. The maximum absolute atomic E-state index is 6.24. The fourth-order valence-corrected chi connectivity index (χ4v) is 3.18. The summed E-state index contributed by atoms with van der Waals surface area (Å²) in [4.78, 5) is 2.55. The Bertz CT molecular complexity index is 434. The minimum atomic E-state index is 0.596. The van der Waals surface area contributed by atoms with Crippen molar-refractivity contribution in [3.8, 4) is 0 Å². The van der Waals surface area contributed by atoms with Crippen LogP contribution >= 0.6 is 23.2 Å². The number of halogens is 2. The minimum absolute atomic E-state index is 0.596. The van der Waals surface area contributed by atoms with Crippen LogP contribution in [-0.4, -0.2) is 37.1 Å². The van der Waals surface area contributed by atoms with Crippen LogP contribution in [0.2, 0.25) is 10.0 Å². The molecule has 112 valence electrons. The Labute approximate surface area is 132 Å². The van der Waals surface area contributed by atoms with Crippen molar-refractivity contribution in [3.05, 3.63) is 33.8 Å². The molecule has 0 amide bonds. The van der Waals surface area contributed by atoms with Crippen molar-refractivity contribution in [3.63, 3.8) is 0 Å². The van der Waals surface area contributed by atoms with E-state index in [4.69, 9.17) is 23.2 Å². The summed E-state index contributed by atoms with van der Waals surface area (Å²) in [5.41, 5.74) is 1.19. The minimum Gasteiger partial charge on any atom is -0.312 e. The highest BCUT2D eigenvalue weighted by Crippen LogP contribution is 2.21. The second-order valence-corrected chi connectivity index (χ2v) is 6.79. The van der Waals surface area contributed by atoms with E-state index < -0.39 is 0 Å². The Morgan fingerprint density at radius 3 is 2.85 bits per heavy atom. The fraction of sp³-hybridized carbons (Fsp3) is 0.625. The number of benzene rings is 1. The Hall–Kier alpha value is -0.280. The van der Waals surface area contributed by atoms with Gasteiger partial charge >= 0.3 is 0 Å². The summed E-state index contributed by atoms with van der Waals surface area (Å²) in [6.07, 6.45) is 2.21. The normalized spacial score (nSPS) is 21.1. The molecule has 2 rings (SSSR count). The van der Waals surface area contributed by atoms with Crippen molar-refractivity contribution in [2.75, 3.05) is 26.2 Å². The molecule has 2 nitrogen and oxygen atoms in total. The predicted octanol–water partition coefficient (Wildman–Crippen LogP) is 3.86. The highest BCUT2D eigenvalue weighted by Gasteiger charge is 2.20. The van der Waals surface area contributed by atoms with Crippen LogP contribution in [0.5, 0.6) is 0 Å². The van der Waals surface area contributed by atoms with Crippen LogP contribution in [0.25, 0.3) is 0 Å². The van der Waals surface area contributed by atoms with Gasteiger partial charge in [0.2, 0.25) is 0 Å². The monoisotopic (exact) mass is 314 g/mol. The Morgan fingerprint density at radius 1 is 1.35 bits per heavy atom. The van der Waals surface area contributed by atoms with Crippen molar-refractivity contribution in [2.24, 2.45) is 5.92 Å². The molecular formula is C16H24Cl2N2. The summed E-state index contributed by atoms with van der Waals surface area (Å²) in [7, 11) is 0. The Balaban J connectivity index is 1.91. The molecule has 1 saturated heterocycles. The second kappa shape index (κ2) is 7.65. The maximum Gasteiger partial charge on any atom is 0.0453 e. The Morgan fingerprint density at radius 2 is 2.15 bits per heavy atom. The SMILES string of the molecule is CC(C)C1CN(CCc2ccc(Cl)cc2Cl)CCCN1. The lowest BCUT2D eigenvalue weighted by atomic mass is 10.0. The largest absolute Gasteiger partial charge is 0.312 e. The highest BCUT2D eigenvalue weighted by atomic mass is 35.5. The maximum atomic E-state index is 6.24. The van der Waals surface area contributed by atoms with E-state index >= 15 is 0 Å². The van der Waals surface area contributed by atoms with Crippen molar-refractivity contribution < 1.29 is 0 Å². The molecule has 1 N–H and O–H groups in total. The van der Waals surface area contributed by atoms with Gasteiger partial charge in [0.1, 0.15) is 0 Å². The third-order valence-corrected chi connectivity index (χ3v) is 4.62. The first kappa shape index (κ1) is 16.1. The molecular weight excluding hydrogens is 291 g/mol. The van der Waals surface area contributed by atoms with E-state index in [2.05, 4.69) is 24.1 Å². The van der Waals surface area contributed by atoms with Crippen LogP contribution in [0.3, 0.4) is 0 Å². The molecule has 1 heterocycles. The van der Waals surface area contributed by atoms with Gasteiger partial charge in [-0.1, -0.05) is 43.1 Å². The topological polar surface area (TPSA) is 15.3 Å². The van der Waals surface area contributed by atoms with Crippen LogP contribution in [0.4, 0.5) is 0 Å². The molecule has 0 radical (unpaired) electrons. The van der Waals surface area contributed by atoms with Gasteiger partial charge in [-0.05, 0) is 49.5 Å². The first-order chi connectivity index (χ1) is 9.56. The van der Waals surface area contributed by atoms with Gasteiger partial charge in [-0.2, -0.15) is 0 Å². The zero-order valence-electron chi connectivity index (χ0n) is 12.3. The summed E-state index contributed by atoms with van der Waals surface area (Å²) in [6.45, 7) is 9.06. The second-order valence-electron chi connectivity index (χ2n) is 5.94. The summed E-state index contributed by atoms with van der Waals surface area (Å²) in [6, 6.07) is 6.39. The van der Waals surface area contributed by atoms with Crippen molar-refractivity contribution in [1.82, 2.24) is 10.2 Å². The molecule has 20 heavy (non-hydrogen) atoms. The zero-order valence-corrected chi connectivity index (χ0v) is 13.8. The van der Waals surface area contributed by atoms with Crippen LogP contribution in [-0.2, 0) is 6.42 Å². The molecule has 1 fully saturated rings. The van der Waals surface area contributed by atoms with E-state index in [1.165, 1.54) is 18.5 Å². The van der Waals surface area contributed by atoms with Crippen molar-refractivity contribution >= 4 is 23.2 Å². The zero-order chi connectivity index (χ0) is 14.5. The van der Waals surface area contributed by atoms with Gasteiger partial charge in [0.15, 0.2) is 0 Å². The van der Waals surface area contributed by atoms with Crippen LogP contribution < -0.4 is 5.32 Å². The van der Waals surface area contributed by atoms with Gasteiger partial charge < -0.3 is 10.2 Å². The summed E-state index contributed by atoms with van der Waals surface area (Å²) in [5.74, 6) is 0.676. The van der Waals surface area contributed by atoms with E-state index in [1.807, 2.05) is 18.2 Å². The smallest absolute Gasteiger partial charge is 0.0453 e.